The highest BCUT2D eigenvalue weighted by atomic mass is 16.6. The maximum atomic E-state index is 9.98. The lowest BCUT2D eigenvalue weighted by Gasteiger charge is -2.40. The van der Waals surface area contributed by atoms with E-state index in [9.17, 15) is 30.6 Å². The first kappa shape index (κ1) is 19.9. The van der Waals surface area contributed by atoms with Crippen LogP contribution in [0.2, 0.25) is 0 Å². The topological polar surface area (TPSA) is 169 Å². The van der Waals surface area contributed by atoms with E-state index < -0.39 is 61.4 Å². The second-order valence-corrected chi connectivity index (χ2v) is 6.18. The molecule has 7 N–H and O–H groups in total. The molecule has 0 bridgehead atoms. The number of aliphatic hydroxyl groups is 7. The second kappa shape index (κ2) is 8.81. The Morgan fingerprint density at radius 1 is 0.750 bits per heavy atom. The molecule has 0 aromatic rings. The Balaban J connectivity index is 1.88. The van der Waals surface area contributed by atoms with Gasteiger partial charge in [-0.2, -0.15) is 0 Å². The van der Waals surface area contributed by atoms with Gasteiger partial charge in [0.2, 0.25) is 0 Å². The average molecular weight is 354 g/mol. The van der Waals surface area contributed by atoms with E-state index in [-0.39, 0.29) is 26.4 Å². The Kier molecular flexibility index (Phi) is 7.31. The Bertz CT molecular complexity index is 379. The van der Waals surface area contributed by atoms with Crippen molar-refractivity contribution in [2.75, 3.05) is 33.0 Å². The van der Waals surface area contributed by atoms with Crippen molar-refractivity contribution in [3.05, 3.63) is 0 Å². The lowest BCUT2D eigenvalue weighted by atomic mass is 9.90. The van der Waals surface area contributed by atoms with Crippen molar-refractivity contribution < 1.29 is 50.0 Å². The van der Waals surface area contributed by atoms with Gasteiger partial charge < -0.3 is 50.0 Å². The molecule has 10 heteroatoms. The van der Waals surface area contributed by atoms with Gasteiger partial charge in [0.25, 0.3) is 0 Å². The van der Waals surface area contributed by atoms with Crippen LogP contribution in [0.4, 0.5) is 0 Å². The van der Waals surface area contributed by atoms with Crippen LogP contribution < -0.4 is 0 Å². The molecule has 0 amide bonds. The second-order valence-electron chi connectivity index (χ2n) is 6.18. The van der Waals surface area contributed by atoms with Crippen LogP contribution in [-0.2, 0) is 14.2 Å². The maximum absolute atomic E-state index is 9.98. The molecule has 2 saturated heterocycles. The summed E-state index contributed by atoms with van der Waals surface area (Å²) in [7, 11) is 0. The highest BCUT2D eigenvalue weighted by Crippen LogP contribution is 2.24. The number of hydrogen-bond donors (Lipinski definition) is 7. The zero-order valence-corrected chi connectivity index (χ0v) is 13.1. The van der Waals surface area contributed by atoms with Crippen molar-refractivity contribution >= 4 is 0 Å². The molecule has 10 nitrogen and oxygen atoms in total. The standard InChI is InChI=1S/C14H26O10/c15-1-8-6(11(18)7(17)4-23-8)3-22-5-10-13(20)14(21)12(19)9(2-16)24-10/h6-21H,1-5H2/t6-,7?,8?,9?,10-,11-,12+,13?,14-/m1/s1. The summed E-state index contributed by atoms with van der Waals surface area (Å²) < 4.78 is 15.9. The summed E-state index contributed by atoms with van der Waals surface area (Å²) in [6.07, 6.45) is -9.26. The quantitative estimate of drug-likeness (QED) is 0.247. The van der Waals surface area contributed by atoms with Crippen molar-refractivity contribution in [2.24, 2.45) is 5.92 Å². The largest absolute Gasteiger partial charge is 0.394 e. The van der Waals surface area contributed by atoms with Crippen LogP contribution in [0.1, 0.15) is 0 Å². The summed E-state index contributed by atoms with van der Waals surface area (Å²) in [5, 5.41) is 67.3. The first-order chi connectivity index (χ1) is 11.4. The van der Waals surface area contributed by atoms with Crippen LogP contribution in [0.3, 0.4) is 0 Å². The third kappa shape index (κ3) is 4.22. The third-order valence-electron chi connectivity index (χ3n) is 4.56. The Hall–Kier alpha value is -0.400. The molecule has 2 aliphatic heterocycles. The Morgan fingerprint density at radius 2 is 1.38 bits per heavy atom. The van der Waals surface area contributed by atoms with Crippen molar-refractivity contribution in [3.8, 4) is 0 Å². The van der Waals surface area contributed by atoms with Crippen molar-refractivity contribution in [3.63, 3.8) is 0 Å². The van der Waals surface area contributed by atoms with E-state index in [1.54, 1.807) is 0 Å². The predicted molar refractivity (Wildman–Crippen MR) is 76.9 cm³/mol. The van der Waals surface area contributed by atoms with Gasteiger partial charge in [0.1, 0.15) is 36.6 Å². The van der Waals surface area contributed by atoms with Crippen LogP contribution >= 0.6 is 0 Å². The molecule has 0 saturated carbocycles. The zero-order chi connectivity index (χ0) is 17.9. The number of hydrogen-bond acceptors (Lipinski definition) is 10. The average Bonchev–Trinajstić information content (AvgIpc) is 2.58. The molecule has 0 spiro atoms. The monoisotopic (exact) mass is 354 g/mol. The smallest absolute Gasteiger partial charge is 0.111 e. The highest BCUT2D eigenvalue weighted by molar-refractivity contribution is 4.92. The molecule has 0 aliphatic carbocycles. The van der Waals surface area contributed by atoms with E-state index in [0.717, 1.165) is 0 Å². The van der Waals surface area contributed by atoms with E-state index in [1.165, 1.54) is 0 Å². The maximum Gasteiger partial charge on any atom is 0.111 e. The minimum Gasteiger partial charge on any atom is -0.394 e. The molecular weight excluding hydrogens is 328 g/mol. The van der Waals surface area contributed by atoms with Crippen LogP contribution in [0.25, 0.3) is 0 Å². The fourth-order valence-corrected chi connectivity index (χ4v) is 2.98. The van der Waals surface area contributed by atoms with Gasteiger partial charge >= 0.3 is 0 Å². The summed E-state index contributed by atoms with van der Waals surface area (Å²) in [5.74, 6) is -0.677. The van der Waals surface area contributed by atoms with Crippen molar-refractivity contribution in [1.29, 1.82) is 0 Å². The lowest BCUT2D eigenvalue weighted by molar-refractivity contribution is -0.242. The SMILES string of the molecule is OCC1OCC(O)[C@H](O)[C@@H]1COC[C@H]1OC(CO)[C@H](O)[C@@H](O)C1O. The van der Waals surface area contributed by atoms with E-state index in [0.29, 0.717) is 0 Å². The summed E-state index contributed by atoms with van der Waals surface area (Å²) in [6.45, 7) is -1.24. The molecule has 2 rings (SSSR count). The van der Waals surface area contributed by atoms with E-state index in [4.69, 9.17) is 19.3 Å². The molecule has 24 heavy (non-hydrogen) atoms. The summed E-state index contributed by atoms with van der Waals surface area (Å²) in [5.41, 5.74) is 0. The lowest BCUT2D eigenvalue weighted by Crippen LogP contribution is -2.59. The predicted octanol–water partition coefficient (Wildman–Crippen LogP) is -4.43. The van der Waals surface area contributed by atoms with Crippen molar-refractivity contribution in [2.45, 2.75) is 48.8 Å². The number of aliphatic hydroxyl groups excluding tert-OH is 7. The summed E-state index contributed by atoms with van der Waals surface area (Å²) >= 11 is 0. The summed E-state index contributed by atoms with van der Waals surface area (Å²) in [6, 6.07) is 0. The zero-order valence-electron chi connectivity index (χ0n) is 13.1. The van der Waals surface area contributed by atoms with Gasteiger partial charge in [-0.05, 0) is 0 Å². The van der Waals surface area contributed by atoms with Gasteiger partial charge in [-0.15, -0.1) is 0 Å². The van der Waals surface area contributed by atoms with Crippen LogP contribution in [0.15, 0.2) is 0 Å². The minimum absolute atomic E-state index is 0.0848. The molecule has 0 aromatic heterocycles. The minimum atomic E-state index is -1.49. The van der Waals surface area contributed by atoms with Gasteiger partial charge in [-0.1, -0.05) is 0 Å². The fourth-order valence-electron chi connectivity index (χ4n) is 2.98. The van der Waals surface area contributed by atoms with Gasteiger partial charge in [-0.25, -0.2) is 0 Å². The van der Waals surface area contributed by atoms with Gasteiger partial charge in [0.05, 0.1) is 45.2 Å². The first-order valence-corrected chi connectivity index (χ1v) is 7.87. The molecule has 4 unspecified atom stereocenters. The molecule has 0 aromatic carbocycles. The Labute approximate surface area is 138 Å². The normalized spacial score (nSPS) is 46.9. The number of rotatable bonds is 6. The summed E-state index contributed by atoms with van der Waals surface area (Å²) in [4.78, 5) is 0. The highest BCUT2D eigenvalue weighted by Gasteiger charge is 2.44. The van der Waals surface area contributed by atoms with E-state index >= 15 is 0 Å². The van der Waals surface area contributed by atoms with Gasteiger partial charge in [0, 0.05) is 5.92 Å². The Morgan fingerprint density at radius 3 is 2.00 bits per heavy atom. The molecular formula is C14H26O10. The van der Waals surface area contributed by atoms with E-state index in [2.05, 4.69) is 0 Å². The molecule has 2 fully saturated rings. The van der Waals surface area contributed by atoms with Gasteiger partial charge in [-0.3, -0.25) is 0 Å². The molecule has 2 heterocycles. The third-order valence-corrected chi connectivity index (χ3v) is 4.56. The molecule has 0 radical (unpaired) electrons. The van der Waals surface area contributed by atoms with Crippen LogP contribution in [-0.4, -0.2) is 118 Å². The van der Waals surface area contributed by atoms with Crippen LogP contribution in [0.5, 0.6) is 0 Å². The van der Waals surface area contributed by atoms with E-state index in [1.807, 2.05) is 0 Å². The fraction of sp³-hybridized carbons (Fsp3) is 1.00. The molecule has 9 atom stereocenters. The van der Waals surface area contributed by atoms with Gasteiger partial charge in [0.15, 0.2) is 0 Å². The first-order valence-electron chi connectivity index (χ1n) is 7.87. The molecule has 2 aliphatic rings. The van der Waals surface area contributed by atoms with Crippen LogP contribution in [0, 0.1) is 5.92 Å². The van der Waals surface area contributed by atoms with Crippen molar-refractivity contribution in [1.82, 2.24) is 0 Å². The molecule has 142 valence electrons. The number of ether oxygens (including phenoxy) is 3.